The smallest absolute Gasteiger partial charge is 0.411 e. The minimum atomic E-state index is -0.421. The maximum absolute atomic E-state index is 12.3. The Hall–Kier alpha value is 0.0200. The minimum Gasteiger partial charge on any atom is -1.00 e. The van der Waals surface area contributed by atoms with Gasteiger partial charge in [-0.25, -0.2) is 9.79 Å². The van der Waals surface area contributed by atoms with Crippen molar-refractivity contribution in [2.75, 3.05) is 12.8 Å². The van der Waals surface area contributed by atoms with Crippen molar-refractivity contribution in [3.63, 3.8) is 0 Å². The number of ether oxygens (including phenoxy) is 1. The molecule has 2 rings (SSSR count). The predicted octanol–water partition coefficient (Wildman–Crippen LogP) is -2.00. The molecule has 110 valence electrons. The second-order valence-electron chi connectivity index (χ2n) is 5.94. The van der Waals surface area contributed by atoms with Gasteiger partial charge in [0.15, 0.2) is 6.54 Å². The highest BCUT2D eigenvalue weighted by Gasteiger charge is 2.44. The molecule has 2 atom stereocenters. The Labute approximate surface area is 136 Å². The summed E-state index contributed by atoms with van der Waals surface area (Å²) in [6, 6.07) is 0.483. The molecule has 2 aliphatic heterocycles. The Morgan fingerprint density at radius 2 is 2.11 bits per heavy atom. The van der Waals surface area contributed by atoms with Crippen LogP contribution in [0.5, 0.6) is 0 Å². The summed E-state index contributed by atoms with van der Waals surface area (Å²) in [7, 11) is 0. The summed E-state index contributed by atoms with van der Waals surface area (Å²) >= 11 is 1.71. The van der Waals surface area contributed by atoms with Gasteiger partial charge in [-0.2, -0.15) is 0 Å². The average Bonchev–Trinajstić information content (AvgIpc) is 2.26. The number of nitrogens with one attached hydrogen (secondary N) is 1. The summed E-state index contributed by atoms with van der Waals surface area (Å²) in [5.41, 5.74) is -0.421. The molecule has 1 saturated heterocycles. The molecule has 1 fully saturated rings. The monoisotopic (exact) mass is 398 g/mol. The molecule has 2 bridgehead atoms. The van der Waals surface area contributed by atoms with Crippen molar-refractivity contribution in [2.24, 2.45) is 0 Å². The van der Waals surface area contributed by atoms with Crippen molar-refractivity contribution in [3.8, 4) is 0 Å². The zero-order chi connectivity index (χ0) is 13.3. The second kappa shape index (κ2) is 6.65. The topological polar surface area (TPSA) is 43.5 Å². The number of nitrogens with zero attached hydrogens (tertiary/aromatic N) is 1. The van der Waals surface area contributed by atoms with Crippen LogP contribution in [0.1, 0.15) is 40.0 Å². The fraction of sp³-hybridized carbons (Fsp3) is 0.846. The van der Waals surface area contributed by atoms with Crippen LogP contribution in [0, 0.1) is 0 Å². The molecule has 0 aromatic heterocycles. The van der Waals surface area contributed by atoms with Gasteiger partial charge in [-0.1, -0.05) is 11.8 Å². The van der Waals surface area contributed by atoms with Gasteiger partial charge >= 0.3 is 6.09 Å². The third-order valence-electron chi connectivity index (χ3n) is 3.38. The molecule has 0 aromatic rings. The molecular formula is C13H23IN2O2S. The Kier molecular flexibility index (Phi) is 5.97. The van der Waals surface area contributed by atoms with Crippen molar-refractivity contribution in [2.45, 2.75) is 57.7 Å². The molecule has 4 nitrogen and oxygen atoms in total. The van der Waals surface area contributed by atoms with Crippen LogP contribution in [0.2, 0.25) is 0 Å². The van der Waals surface area contributed by atoms with Gasteiger partial charge in [0.05, 0.1) is 6.04 Å². The maximum Gasteiger partial charge on any atom is 0.411 e. The molecule has 2 heterocycles. The van der Waals surface area contributed by atoms with Gasteiger partial charge in [0.1, 0.15) is 11.6 Å². The van der Waals surface area contributed by atoms with Crippen LogP contribution >= 0.6 is 11.8 Å². The van der Waals surface area contributed by atoms with E-state index in [2.05, 4.69) is 11.2 Å². The third-order valence-corrected chi connectivity index (χ3v) is 4.24. The van der Waals surface area contributed by atoms with E-state index in [9.17, 15) is 4.79 Å². The van der Waals surface area contributed by atoms with Crippen molar-refractivity contribution < 1.29 is 38.5 Å². The van der Waals surface area contributed by atoms with E-state index in [4.69, 9.17) is 4.74 Å². The van der Waals surface area contributed by atoms with E-state index in [0.717, 1.165) is 19.4 Å². The van der Waals surface area contributed by atoms with Crippen LogP contribution in [0.15, 0.2) is 0 Å². The second-order valence-corrected chi connectivity index (χ2v) is 6.79. The summed E-state index contributed by atoms with van der Waals surface area (Å²) in [5.74, 6) is 0. The highest BCUT2D eigenvalue weighted by atomic mass is 127. The first-order chi connectivity index (χ1) is 8.42. The van der Waals surface area contributed by atoms with Gasteiger partial charge < -0.3 is 28.7 Å². The SMILES string of the molecule is CSC1=[NH+]C[C@@H]2CCC[C@H]1N2C(=O)OC(C)(C)C.[I-]. The lowest BCUT2D eigenvalue weighted by Gasteiger charge is -2.41. The highest BCUT2D eigenvalue weighted by molar-refractivity contribution is 8.13. The Morgan fingerprint density at radius 3 is 2.68 bits per heavy atom. The van der Waals surface area contributed by atoms with Crippen molar-refractivity contribution in [1.29, 1.82) is 0 Å². The lowest BCUT2D eigenvalue weighted by molar-refractivity contribution is -0.473. The molecule has 0 spiro atoms. The minimum absolute atomic E-state index is 0. The maximum atomic E-state index is 12.3. The molecule has 0 saturated carbocycles. The number of hydrogen-bond acceptors (Lipinski definition) is 3. The van der Waals surface area contributed by atoms with Gasteiger partial charge in [-0.15, -0.1) is 0 Å². The molecular weight excluding hydrogens is 375 g/mol. The number of amides is 1. The number of carbonyl (C=O) groups is 1. The number of halogens is 1. The molecule has 0 unspecified atom stereocenters. The molecule has 1 amide bonds. The van der Waals surface area contributed by atoms with E-state index in [0.29, 0.717) is 0 Å². The molecule has 19 heavy (non-hydrogen) atoms. The van der Waals surface area contributed by atoms with E-state index in [1.807, 2.05) is 25.7 Å². The molecule has 2 aliphatic rings. The van der Waals surface area contributed by atoms with Crippen molar-refractivity contribution in [3.05, 3.63) is 0 Å². The molecule has 0 radical (unpaired) electrons. The van der Waals surface area contributed by atoms with E-state index < -0.39 is 5.60 Å². The summed E-state index contributed by atoms with van der Waals surface area (Å²) in [6.45, 7) is 6.61. The van der Waals surface area contributed by atoms with Crippen LogP contribution in [0.3, 0.4) is 0 Å². The summed E-state index contributed by atoms with van der Waals surface area (Å²) in [6.07, 6.45) is 5.21. The zero-order valence-corrected chi connectivity index (χ0v) is 15.0. The van der Waals surface area contributed by atoms with Crippen LogP contribution in [0.4, 0.5) is 4.79 Å². The van der Waals surface area contributed by atoms with Gasteiger partial charge in [0, 0.05) is 0 Å². The van der Waals surface area contributed by atoms with Gasteiger partial charge in [0.2, 0.25) is 5.04 Å². The van der Waals surface area contributed by atoms with E-state index in [1.165, 1.54) is 11.5 Å². The number of piperidine rings is 1. The predicted molar refractivity (Wildman–Crippen MR) is 73.9 cm³/mol. The van der Waals surface area contributed by atoms with Gasteiger partial charge in [0.25, 0.3) is 0 Å². The third kappa shape index (κ3) is 4.00. The van der Waals surface area contributed by atoms with Crippen LogP contribution in [-0.4, -0.2) is 46.5 Å². The highest BCUT2D eigenvalue weighted by Crippen LogP contribution is 2.28. The summed E-state index contributed by atoms with van der Waals surface area (Å²) in [4.78, 5) is 17.7. The number of rotatable bonds is 0. The fourth-order valence-electron chi connectivity index (χ4n) is 2.67. The molecule has 0 aromatic carbocycles. The number of thioether (sulfide) groups is 1. The van der Waals surface area contributed by atoms with Gasteiger partial charge in [-0.3, -0.25) is 4.90 Å². The number of hydrogen-bond donors (Lipinski definition) is 1. The fourth-order valence-corrected chi connectivity index (χ4v) is 3.40. The summed E-state index contributed by atoms with van der Waals surface area (Å²) < 4.78 is 5.54. The summed E-state index contributed by atoms with van der Waals surface area (Å²) in [5, 5.41) is 1.21. The molecule has 1 N–H and O–H groups in total. The normalized spacial score (nSPS) is 26.3. The number of fused-ring (bicyclic) bond motifs is 2. The quantitative estimate of drug-likeness (QED) is 0.481. The first-order valence-corrected chi connectivity index (χ1v) is 7.81. The average molecular weight is 398 g/mol. The van der Waals surface area contributed by atoms with Crippen LogP contribution < -0.4 is 29.0 Å². The van der Waals surface area contributed by atoms with Gasteiger partial charge in [-0.05, 0) is 46.3 Å². The lowest BCUT2D eigenvalue weighted by Crippen LogP contribution is -3.00. The van der Waals surface area contributed by atoms with E-state index >= 15 is 0 Å². The number of carbonyl (C=O) groups excluding carboxylic acids is 1. The molecule has 0 aliphatic carbocycles. The van der Waals surface area contributed by atoms with E-state index in [-0.39, 0.29) is 42.2 Å². The Bertz CT molecular complexity index is 368. The standard InChI is InChI=1S/C13H22N2O2S.HI/c1-13(2,3)17-12(16)15-9-6-5-7-10(15)11(18-4)14-8-9;/h9-10H,5-8H2,1-4H3;1H/t9-,10+;/m0./s1. The van der Waals surface area contributed by atoms with Crippen LogP contribution in [0.25, 0.3) is 0 Å². The first-order valence-electron chi connectivity index (χ1n) is 6.58. The zero-order valence-electron chi connectivity index (χ0n) is 12.0. The van der Waals surface area contributed by atoms with Crippen molar-refractivity contribution >= 4 is 22.9 Å². The van der Waals surface area contributed by atoms with Crippen LogP contribution in [-0.2, 0) is 4.74 Å². The first kappa shape index (κ1) is 17.1. The van der Waals surface area contributed by atoms with E-state index in [1.54, 1.807) is 11.8 Å². The Morgan fingerprint density at radius 1 is 1.42 bits per heavy atom. The lowest BCUT2D eigenvalue weighted by atomic mass is 9.94. The molecule has 6 heteroatoms. The van der Waals surface area contributed by atoms with Crippen molar-refractivity contribution in [1.82, 2.24) is 4.90 Å². The largest absolute Gasteiger partial charge is 1.00 e. The Balaban J connectivity index is 0.00000180.